The molecular formula is C17H21N3O. The van der Waals surface area contributed by atoms with Crippen molar-refractivity contribution < 1.29 is 4.79 Å². The average Bonchev–Trinajstić information content (AvgIpc) is 3.25. The molecule has 0 radical (unpaired) electrons. The highest BCUT2D eigenvalue weighted by Crippen LogP contribution is 2.41. The lowest BCUT2D eigenvalue weighted by atomic mass is 10.1. The highest BCUT2D eigenvalue weighted by molar-refractivity contribution is 5.78. The molecule has 4 nitrogen and oxygen atoms in total. The van der Waals surface area contributed by atoms with Gasteiger partial charge in [-0.3, -0.25) is 9.69 Å². The number of benzene rings is 1. The number of fused-ring (bicyclic) bond motifs is 1. The van der Waals surface area contributed by atoms with E-state index in [9.17, 15) is 4.79 Å². The molecule has 0 aromatic heterocycles. The maximum Gasteiger partial charge on any atom is 0.234 e. The Hall–Kier alpha value is -1.86. The van der Waals surface area contributed by atoms with Crippen LogP contribution >= 0.6 is 0 Å². The largest absolute Gasteiger partial charge is 0.354 e. The minimum atomic E-state index is 0.0431. The lowest BCUT2D eigenvalue weighted by molar-refractivity contribution is -0.123. The molecule has 1 N–H and O–H groups in total. The maximum absolute atomic E-state index is 12.1. The van der Waals surface area contributed by atoms with Crippen molar-refractivity contribution >= 4 is 5.91 Å². The molecule has 0 bridgehead atoms. The van der Waals surface area contributed by atoms with Crippen LogP contribution in [0.3, 0.4) is 0 Å². The van der Waals surface area contributed by atoms with Gasteiger partial charge in [0.15, 0.2) is 0 Å². The Kier molecular flexibility index (Phi) is 4.21. The van der Waals surface area contributed by atoms with Crippen molar-refractivity contribution in [2.75, 3.05) is 13.1 Å². The van der Waals surface area contributed by atoms with E-state index in [0.717, 1.165) is 12.8 Å². The second-order valence-electron chi connectivity index (χ2n) is 5.91. The SMILES string of the molecule is N#CCCNC(=O)CN(C1CC1)C1CCc2ccccc21. The van der Waals surface area contributed by atoms with Crippen molar-refractivity contribution in [3.05, 3.63) is 35.4 Å². The molecule has 1 fully saturated rings. The number of amides is 1. The van der Waals surface area contributed by atoms with Gasteiger partial charge in [0.1, 0.15) is 0 Å². The van der Waals surface area contributed by atoms with E-state index in [2.05, 4.69) is 40.6 Å². The molecule has 2 aliphatic rings. The molecule has 110 valence electrons. The fourth-order valence-corrected chi connectivity index (χ4v) is 3.26. The third kappa shape index (κ3) is 3.25. The highest BCUT2D eigenvalue weighted by Gasteiger charge is 2.38. The van der Waals surface area contributed by atoms with Gasteiger partial charge in [0.2, 0.25) is 5.91 Å². The van der Waals surface area contributed by atoms with Gasteiger partial charge in [0.25, 0.3) is 0 Å². The Balaban J connectivity index is 1.66. The lowest BCUT2D eigenvalue weighted by Gasteiger charge is -2.29. The summed E-state index contributed by atoms with van der Waals surface area (Å²) in [5.41, 5.74) is 2.83. The van der Waals surface area contributed by atoms with E-state index in [-0.39, 0.29) is 5.91 Å². The molecule has 0 heterocycles. The predicted molar refractivity (Wildman–Crippen MR) is 80.5 cm³/mol. The fraction of sp³-hybridized carbons (Fsp3) is 0.529. The molecule has 1 atom stereocenters. The minimum Gasteiger partial charge on any atom is -0.354 e. The second-order valence-corrected chi connectivity index (χ2v) is 5.91. The van der Waals surface area contributed by atoms with Crippen LogP contribution in [0.2, 0.25) is 0 Å². The average molecular weight is 283 g/mol. The normalized spacial score (nSPS) is 20.1. The first-order chi connectivity index (χ1) is 10.3. The molecule has 3 rings (SSSR count). The van der Waals surface area contributed by atoms with Crippen molar-refractivity contribution in [3.63, 3.8) is 0 Å². The Morgan fingerprint density at radius 3 is 2.90 bits per heavy atom. The third-order valence-corrected chi connectivity index (χ3v) is 4.40. The van der Waals surface area contributed by atoms with E-state index in [1.807, 2.05) is 0 Å². The van der Waals surface area contributed by atoms with Crippen LogP contribution in [0.25, 0.3) is 0 Å². The van der Waals surface area contributed by atoms with E-state index in [1.165, 1.54) is 24.0 Å². The summed E-state index contributed by atoms with van der Waals surface area (Å²) in [6.07, 6.45) is 5.00. The summed E-state index contributed by atoms with van der Waals surface area (Å²) in [4.78, 5) is 14.4. The number of nitriles is 1. The first-order valence-electron chi connectivity index (χ1n) is 7.77. The summed E-state index contributed by atoms with van der Waals surface area (Å²) in [6.45, 7) is 0.907. The molecule has 0 spiro atoms. The van der Waals surface area contributed by atoms with Gasteiger partial charge in [-0.2, -0.15) is 5.26 Å². The van der Waals surface area contributed by atoms with Crippen LogP contribution < -0.4 is 5.32 Å². The fourth-order valence-electron chi connectivity index (χ4n) is 3.26. The molecule has 0 saturated heterocycles. The first kappa shape index (κ1) is 14.1. The summed E-state index contributed by atoms with van der Waals surface area (Å²) < 4.78 is 0. The van der Waals surface area contributed by atoms with E-state index < -0.39 is 0 Å². The van der Waals surface area contributed by atoms with Crippen molar-refractivity contribution in [3.8, 4) is 6.07 Å². The number of hydrogen-bond acceptors (Lipinski definition) is 3. The molecule has 1 aromatic carbocycles. The molecular weight excluding hydrogens is 262 g/mol. The number of nitrogens with zero attached hydrogens (tertiary/aromatic N) is 2. The number of nitrogens with one attached hydrogen (secondary N) is 1. The number of rotatable bonds is 6. The van der Waals surface area contributed by atoms with Crippen LogP contribution in [0.15, 0.2) is 24.3 Å². The van der Waals surface area contributed by atoms with Gasteiger partial charge in [0, 0.05) is 18.6 Å². The van der Waals surface area contributed by atoms with Crippen molar-refractivity contribution in [1.29, 1.82) is 5.26 Å². The summed E-state index contributed by atoms with van der Waals surface area (Å²) in [7, 11) is 0. The van der Waals surface area contributed by atoms with Gasteiger partial charge in [-0.05, 0) is 36.8 Å². The molecule has 1 amide bonds. The van der Waals surface area contributed by atoms with Crippen LogP contribution in [-0.2, 0) is 11.2 Å². The Morgan fingerprint density at radius 2 is 2.14 bits per heavy atom. The van der Waals surface area contributed by atoms with Crippen LogP contribution in [0, 0.1) is 11.3 Å². The van der Waals surface area contributed by atoms with Crippen molar-refractivity contribution in [1.82, 2.24) is 10.2 Å². The topological polar surface area (TPSA) is 56.1 Å². The summed E-state index contributed by atoms with van der Waals surface area (Å²) in [5, 5.41) is 11.4. The second kappa shape index (κ2) is 6.28. The van der Waals surface area contributed by atoms with Gasteiger partial charge in [-0.25, -0.2) is 0 Å². The zero-order chi connectivity index (χ0) is 14.7. The number of aryl methyl sites for hydroxylation is 1. The monoisotopic (exact) mass is 283 g/mol. The lowest BCUT2D eigenvalue weighted by Crippen LogP contribution is -2.40. The summed E-state index contributed by atoms with van der Waals surface area (Å²) in [6, 6.07) is 11.6. The number of carbonyl (C=O) groups excluding carboxylic acids is 1. The number of carbonyl (C=O) groups is 1. The molecule has 4 heteroatoms. The predicted octanol–water partition coefficient (Wildman–Crippen LogP) is 2.17. The quantitative estimate of drug-likeness (QED) is 0.814. The molecule has 2 aliphatic carbocycles. The molecule has 21 heavy (non-hydrogen) atoms. The van der Waals surface area contributed by atoms with Gasteiger partial charge in [-0.15, -0.1) is 0 Å². The molecule has 1 saturated carbocycles. The zero-order valence-electron chi connectivity index (χ0n) is 12.2. The van der Waals surface area contributed by atoms with E-state index in [1.54, 1.807) is 0 Å². The highest BCUT2D eigenvalue weighted by atomic mass is 16.2. The maximum atomic E-state index is 12.1. The standard InChI is InChI=1S/C17H21N3O/c18-10-3-11-19-17(21)12-20(14-7-8-14)16-9-6-13-4-1-2-5-15(13)16/h1-2,4-5,14,16H,3,6-9,11-12H2,(H,19,21). The number of hydrogen-bond donors (Lipinski definition) is 1. The smallest absolute Gasteiger partial charge is 0.234 e. The van der Waals surface area contributed by atoms with Gasteiger partial charge < -0.3 is 5.32 Å². The molecule has 1 unspecified atom stereocenters. The summed E-state index contributed by atoms with van der Waals surface area (Å²) in [5.74, 6) is 0.0431. The zero-order valence-corrected chi connectivity index (χ0v) is 12.2. The third-order valence-electron chi connectivity index (χ3n) is 4.40. The molecule has 0 aliphatic heterocycles. The van der Waals surface area contributed by atoms with Gasteiger partial charge in [0.05, 0.1) is 19.0 Å². The van der Waals surface area contributed by atoms with Crippen LogP contribution in [0.1, 0.15) is 42.9 Å². The van der Waals surface area contributed by atoms with E-state index in [0.29, 0.717) is 31.6 Å². The van der Waals surface area contributed by atoms with Crippen LogP contribution in [0.4, 0.5) is 0 Å². The van der Waals surface area contributed by atoms with Crippen molar-refractivity contribution in [2.24, 2.45) is 0 Å². The Bertz CT molecular complexity index is 559. The van der Waals surface area contributed by atoms with Gasteiger partial charge >= 0.3 is 0 Å². The molecule has 1 aromatic rings. The minimum absolute atomic E-state index is 0.0431. The Morgan fingerprint density at radius 1 is 1.33 bits per heavy atom. The van der Waals surface area contributed by atoms with E-state index in [4.69, 9.17) is 5.26 Å². The first-order valence-corrected chi connectivity index (χ1v) is 7.77. The van der Waals surface area contributed by atoms with E-state index >= 15 is 0 Å². The Labute approximate surface area is 125 Å². The summed E-state index contributed by atoms with van der Waals surface area (Å²) >= 11 is 0. The van der Waals surface area contributed by atoms with Gasteiger partial charge in [-0.1, -0.05) is 24.3 Å². The van der Waals surface area contributed by atoms with Crippen molar-refractivity contribution in [2.45, 2.75) is 44.2 Å². The van der Waals surface area contributed by atoms with Crippen LogP contribution in [0.5, 0.6) is 0 Å². The van der Waals surface area contributed by atoms with Crippen LogP contribution in [-0.4, -0.2) is 29.9 Å².